The van der Waals surface area contributed by atoms with Crippen LogP contribution in [0.4, 0.5) is 0 Å². The largest absolute Gasteiger partial charge is 0.325 e. The Kier molecular flexibility index (Phi) is 3.49. The minimum Gasteiger partial charge on any atom is -0.325 e. The van der Waals surface area contributed by atoms with E-state index in [1.165, 1.54) is 0 Å². The Morgan fingerprint density at radius 3 is 2.83 bits per heavy atom. The molecular weight excluding hydrogens is 170 g/mol. The number of hydrogen-bond donors (Lipinski definition) is 1. The standard InChI is InChI=1S/C8H13N3S/c1-3-12-8-10-6(2)4-7(5-9)11-8/h4H,3,5,9H2,1-2H3. The third kappa shape index (κ3) is 2.46. The van der Waals surface area contributed by atoms with Gasteiger partial charge in [0.15, 0.2) is 5.16 Å². The smallest absolute Gasteiger partial charge is 0.188 e. The van der Waals surface area contributed by atoms with E-state index in [1.807, 2.05) is 13.0 Å². The molecule has 2 N–H and O–H groups in total. The van der Waals surface area contributed by atoms with Crippen molar-refractivity contribution in [2.45, 2.75) is 25.5 Å². The third-order valence-corrected chi connectivity index (χ3v) is 2.10. The lowest BCUT2D eigenvalue weighted by atomic mass is 10.3. The van der Waals surface area contributed by atoms with Crippen LogP contribution < -0.4 is 5.73 Å². The first-order chi connectivity index (χ1) is 5.76. The predicted molar refractivity (Wildman–Crippen MR) is 51.1 cm³/mol. The van der Waals surface area contributed by atoms with Crippen LogP contribution in [-0.2, 0) is 6.54 Å². The van der Waals surface area contributed by atoms with Crippen molar-refractivity contribution in [3.8, 4) is 0 Å². The summed E-state index contributed by atoms with van der Waals surface area (Å²) in [5.41, 5.74) is 7.39. The molecule has 0 saturated heterocycles. The molecule has 0 aliphatic heterocycles. The van der Waals surface area contributed by atoms with Crippen molar-refractivity contribution in [3.05, 3.63) is 17.5 Å². The number of nitrogens with two attached hydrogens (primary N) is 1. The molecule has 0 aliphatic carbocycles. The molecule has 0 aromatic carbocycles. The summed E-state index contributed by atoms with van der Waals surface area (Å²) in [5.74, 6) is 0.994. The highest BCUT2D eigenvalue weighted by atomic mass is 32.2. The molecule has 4 heteroatoms. The van der Waals surface area contributed by atoms with Gasteiger partial charge in [-0.1, -0.05) is 18.7 Å². The van der Waals surface area contributed by atoms with Gasteiger partial charge in [0.25, 0.3) is 0 Å². The summed E-state index contributed by atoms with van der Waals surface area (Å²) in [7, 11) is 0. The molecule has 1 rings (SSSR count). The molecule has 1 aromatic heterocycles. The Hall–Kier alpha value is -0.610. The monoisotopic (exact) mass is 183 g/mol. The van der Waals surface area contributed by atoms with Crippen LogP contribution in [0.15, 0.2) is 11.2 Å². The highest BCUT2D eigenvalue weighted by molar-refractivity contribution is 7.99. The molecule has 0 atom stereocenters. The van der Waals surface area contributed by atoms with Crippen LogP contribution in [0.3, 0.4) is 0 Å². The summed E-state index contributed by atoms with van der Waals surface area (Å²) in [4.78, 5) is 8.54. The molecule has 0 amide bonds. The molecule has 3 nitrogen and oxygen atoms in total. The second-order valence-electron chi connectivity index (χ2n) is 2.42. The zero-order valence-electron chi connectivity index (χ0n) is 7.37. The number of rotatable bonds is 3. The fourth-order valence-electron chi connectivity index (χ4n) is 0.903. The van der Waals surface area contributed by atoms with E-state index >= 15 is 0 Å². The molecule has 1 heterocycles. The zero-order valence-corrected chi connectivity index (χ0v) is 8.19. The predicted octanol–water partition coefficient (Wildman–Crippen LogP) is 1.36. The van der Waals surface area contributed by atoms with E-state index in [1.54, 1.807) is 11.8 Å². The van der Waals surface area contributed by atoms with Crippen molar-refractivity contribution in [2.75, 3.05) is 5.75 Å². The lowest BCUT2D eigenvalue weighted by molar-refractivity contribution is 0.854. The molecular formula is C8H13N3S. The highest BCUT2D eigenvalue weighted by Gasteiger charge is 1.99. The normalized spacial score (nSPS) is 10.2. The summed E-state index contributed by atoms with van der Waals surface area (Å²) >= 11 is 1.64. The van der Waals surface area contributed by atoms with E-state index in [0.29, 0.717) is 6.54 Å². The lowest BCUT2D eigenvalue weighted by Gasteiger charge is -2.01. The van der Waals surface area contributed by atoms with E-state index < -0.39 is 0 Å². The van der Waals surface area contributed by atoms with E-state index in [2.05, 4.69) is 16.9 Å². The van der Waals surface area contributed by atoms with Crippen LogP contribution >= 0.6 is 11.8 Å². The second-order valence-corrected chi connectivity index (χ2v) is 3.65. The average molecular weight is 183 g/mol. The van der Waals surface area contributed by atoms with Gasteiger partial charge in [-0.05, 0) is 18.7 Å². The van der Waals surface area contributed by atoms with Crippen LogP contribution in [0.5, 0.6) is 0 Å². The summed E-state index contributed by atoms with van der Waals surface area (Å²) in [5, 5.41) is 0.831. The fourth-order valence-corrected chi connectivity index (χ4v) is 1.55. The van der Waals surface area contributed by atoms with Gasteiger partial charge < -0.3 is 5.73 Å². The summed E-state index contributed by atoms with van der Waals surface area (Å²) in [6, 6.07) is 1.92. The van der Waals surface area contributed by atoms with E-state index in [-0.39, 0.29) is 0 Å². The maximum absolute atomic E-state index is 5.48. The highest BCUT2D eigenvalue weighted by Crippen LogP contribution is 2.12. The topological polar surface area (TPSA) is 51.8 Å². The molecule has 66 valence electrons. The van der Waals surface area contributed by atoms with Gasteiger partial charge in [-0.3, -0.25) is 0 Å². The van der Waals surface area contributed by atoms with Crippen LogP contribution in [0.25, 0.3) is 0 Å². The van der Waals surface area contributed by atoms with Crippen molar-refractivity contribution in [1.29, 1.82) is 0 Å². The summed E-state index contributed by atoms with van der Waals surface area (Å²) in [6.45, 7) is 4.53. The Labute approximate surface area is 76.8 Å². The molecule has 0 unspecified atom stereocenters. The Bertz CT molecular complexity index is 262. The number of thioether (sulfide) groups is 1. The molecule has 12 heavy (non-hydrogen) atoms. The second kappa shape index (κ2) is 4.42. The SMILES string of the molecule is CCSc1nc(C)cc(CN)n1. The summed E-state index contributed by atoms with van der Waals surface area (Å²) in [6.07, 6.45) is 0. The Balaban J connectivity index is 2.90. The maximum Gasteiger partial charge on any atom is 0.188 e. The van der Waals surface area contributed by atoms with Crippen LogP contribution in [0, 0.1) is 6.92 Å². The number of hydrogen-bond acceptors (Lipinski definition) is 4. The molecule has 0 saturated carbocycles. The van der Waals surface area contributed by atoms with Crippen molar-refractivity contribution in [2.24, 2.45) is 5.73 Å². The molecule has 0 fully saturated rings. The van der Waals surface area contributed by atoms with Crippen molar-refractivity contribution < 1.29 is 0 Å². The Morgan fingerprint density at radius 1 is 1.50 bits per heavy atom. The van der Waals surface area contributed by atoms with Gasteiger partial charge in [0, 0.05) is 12.2 Å². The van der Waals surface area contributed by atoms with Crippen LogP contribution in [-0.4, -0.2) is 15.7 Å². The Morgan fingerprint density at radius 2 is 2.25 bits per heavy atom. The minimum atomic E-state index is 0.487. The van der Waals surface area contributed by atoms with Crippen molar-refractivity contribution in [3.63, 3.8) is 0 Å². The number of nitrogens with zero attached hydrogens (tertiary/aromatic N) is 2. The molecule has 0 aliphatic rings. The molecule has 0 radical (unpaired) electrons. The van der Waals surface area contributed by atoms with Gasteiger partial charge in [-0.15, -0.1) is 0 Å². The molecule has 1 aromatic rings. The quantitative estimate of drug-likeness (QED) is 0.568. The molecule has 0 bridgehead atoms. The number of aromatic nitrogens is 2. The molecule has 0 spiro atoms. The van der Waals surface area contributed by atoms with Gasteiger partial charge in [-0.25, -0.2) is 9.97 Å². The van der Waals surface area contributed by atoms with Gasteiger partial charge in [0.2, 0.25) is 0 Å². The zero-order chi connectivity index (χ0) is 8.97. The van der Waals surface area contributed by atoms with Gasteiger partial charge in [-0.2, -0.15) is 0 Å². The van der Waals surface area contributed by atoms with Crippen LogP contribution in [0.1, 0.15) is 18.3 Å². The third-order valence-electron chi connectivity index (χ3n) is 1.37. The van der Waals surface area contributed by atoms with E-state index in [4.69, 9.17) is 5.73 Å². The lowest BCUT2D eigenvalue weighted by Crippen LogP contribution is -2.02. The van der Waals surface area contributed by atoms with Crippen LogP contribution in [0.2, 0.25) is 0 Å². The average Bonchev–Trinajstić information content (AvgIpc) is 2.04. The first kappa shape index (κ1) is 9.48. The fraction of sp³-hybridized carbons (Fsp3) is 0.500. The van der Waals surface area contributed by atoms with Crippen molar-refractivity contribution >= 4 is 11.8 Å². The van der Waals surface area contributed by atoms with E-state index in [0.717, 1.165) is 22.3 Å². The summed E-state index contributed by atoms with van der Waals surface area (Å²) < 4.78 is 0. The van der Waals surface area contributed by atoms with Gasteiger partial charge in [0.05, 0.1) is 5.69 Å². The van der Waals surface area contributed by atoms with E-state index in [9.17, 15) is 0 Å². The maximum atomic E-state index is 5.48. The minimum absolute atomic E-state index is 0.487. The first-order valence-electron chi connectivity index (χ1n) is 3.93. The number of aryl methyl sites for hydroxylation is 1. The first-order valence-corrected chi connectivity index (χ1v) is 4.92. The van der Waals surface area contributed by atoms with Gasteiger partial charge >= 0.3 is 0 Å². The van der Waals surface area contributed by atoms with Crippen molar-refractivity contribution in [1.82, 2.24) is 9.97 Å². The van der Waals surface area contributed by atoms with Gasteiger partial charge in [0.1, 0.15) is 0 Å².